The number of unbranched alkanes of at least 4 members (excludes halogenated alkanes) is 6. The van der Waals surface area contributed by atoms with Crippen molar-refractivity contribution in [1.29, 1.82) is 0 Å². The maximum Gasteiger partial charge on any atom is 0.316 e. The van der Waals surface area contributed by atoms with E-state index in [2.05, 4.69) is 54.8 Å². The van der Waals surface area contributed by atoms with Gasteiger partial charge in [0, 0.05) is 22.4 Å². The summed E-state index contributed by atoms with van der Waals surface area (Å²) in [6, 6.07) is 21.3. The van der Waals surface area contributed by atoms with Crippen molar-refractivity contribution in [3.63, 3.8) is 0 Å². The molecule has 1 aromatic carbocycles. The Morgan fingerprint density at radius 3 is 1.62 bits per heavy atom. The van der Waals surface area contributed by atoms with E-state index in [4.69, 9.17) is 0 Å². The second-order valence-electron chi connectivity index (χ2n) is 13.2. The number of hydrogen-bond acceptors (Lipinski definition) is 8. The van der Waals surface area contributed by atoms with Gasteiger partial charge in [0.15, 0.2) is 5.54 Å². The second-order valence-corrected chi connectivity index (χ2v) is 20.8. The number of hydroxylamine groups is 3. The maximum absolute atomic E-state index is 13.4. The molecule has 0 bridgehead atoms. The highest BCUT2D eigenvalue weighted by Gasteiger charge is 2.59. The fraction of sp³-hybridized carbons (Fsp3) is 0.486. The van der Waals surface area contributed by atoms with Crippen molar-refractivity contribution in [2.45, 2.75) is 112 Å². The molecule has 11 heteroatoms. The molecular formula is C37H48N3O2S6. The van der Waals surface area contributed by atoms with E-state index in [1.165, 1.54) is 81.0 Å². The van der Waals surface area contributed by atoms with Crippen LogP contribution in [0.5, 0.6) is 0 Å². The monoisotopic (exact) mass is 758 g/mol. The van der Waals surface area contributed by atoms with Crippen LogP contribution in [0, 0.1) is 5.21 Å². The molecule has 0 N–H and O–H groups in total. The Morgan fingerprint density at radius 2 is 1.19 bits per heavy atom. The van der Waals surface area contributed by atoms with Gasteiger partial charge in [-0.3, -0.25) is 4.74 Å². The van der Waals surface area contributed by atoms with Gasteiger partial charge in [-0.05, 0) is 123 Å². The minimum absolute atomic E-state index is 0.170. The molecular weight excluding hydrogens is 711 g/mol. The lowest BCUT2D eigenvalue weighted by Gasteiger charge is -2.32. The highest BCUT2D eigenvalue weighted by atomic mass is 33.1. The van der Waals surface area contributed by atoms with Crippen LogP contribution in [-0.2, 0) is 5.21 Å². The van der Waals surface area contributed by atoms with Crippen LogP contribution in [0.25, 0.3) is 26.8 Å². The summed E-state index contributed by atoms with van der Waals surface area (Å²) in [5.74, 6) is 2.52. The lowest BCUT2D eigenvalue weighted by Crippen LogP contribution is -2.53. The van der Waals surface area contributed by atoms with Crippen LogP contribution in [0.15, 0.2) is 69.1 Å². The van der Waals surface area contributed by atoms with Gasteiger partial charge in [0.1, 0.15) is 5.54 Å². The minimum atomic E-state index is -0.852. The minimum Gasteiger partial charge on any atom is -0.714 e. The van der Waals surface area contributed by atoms with Gasteiger partial charge < -0.3 is 9.77 Å². The number of thiophene rings is 2. The molecule has 0 amide bonds. The van der Waals surface area contributed by atoms with Gasteiger partial charge in [-0.1, -0.05) is 79.0 Å². The summed E-state index contributed by atoms with van der Waals surface area (Å²) >= 11 is 3.67. The first-order valence-electron chi connectivity index (χ1n) is 17.0. The van der Waals surface area contributed by atoms with Crippen molar-refractivity contribution >= 4 is 71.7 Å². The largest absolute Gasteiger partial charge is 0.714 e. The van der Waals surface area contributed by atoms with Crippen LogP contribution in [0.3, 0.4) is 0 Å². The summed E-state index contributed by atoms with van der Waals surface area (Å²) in [6.45, 7) is 11.9. The smallest absolute Gasteiger partial charge is 0.316 e. The summed E-state index contributed by atoms with van der Waals surface area (Å²) in [5.41, 5.74) is 2.21. The fourth-order valence-electron chi connectivity index (χ4n) is 5.58. The van der Waals surface area contributed by atoms with Crippen molar-refractivity contribution < 1.29 is 9.95 Å². The lowest BCUT2D eigenvalue weighted by atomic mass is 9.84. The average Bonchev–Trinajstić information content (AvgIpc) is 3.86. The molecule has 0 saturated heterocycles. The van der Waals surface area contributed by atoms with Crippen LogP contribution in [-0.4, -0.2) is 42.8 Å². The quantitative estimate of drug-likeness (QED) is 0.0436. The molecule has 0 aliphatic carbocycles. The van der Waals surface area contributed by atoms with E-state index in [0.29, 0.717) is 5.56 Å². The van der Waals surface area contributed by atoms with E-state index in [-0.39, 0.29) is 5.84 Å². The molecule has 4 heterocycles. The molecule has 1 aliphatic heterocycles. The predicted molar refractivity (Wildman–Crippen MR) is 216 cm³/mol. The first-order valence-corrected chi connectivity index (χ1v) is 23.3. The van der Waals surface area contributed by atoms with Gasteiger partial charge in [-0.2, -0.15) is 0 Å². The van der Waals surface area contributed by atoms with Gasteiger partial charge in [0.05, 0.1) is 35.1 Å². The topological polar surface area (TPSA) is 54.1 Å². The number of aromatic nitrogens is 1. The number of hydrogen-bond donors (Lipinski definition) is 0. The highest BCUT2D eigenvalue weighted by molar-refractivity contribution is 8.77. The Kier molecular flexibility index (Phi) is 13.5. The van der Waals surface area contributed by atoms with E-state index < -0.39 is 11.1 Å². The normalized spacial score (nSPS) is 15.6. The zero-order valence-corrected chi connectivity index (χ0v) is 33.9. The third-order valence-corrected chi connectivity index (χ3v) is 17.2. The van der Waals surface area contributed by atoms with Crippen LogP contribution < -0.4 is 0 Å². The van der Waals surface area contributed by atoms with Crippen molar-refractivity contribution in [2.75, 3.05) is 11.5 Å². The molecule has 5 nitrogen and oxygen atoms in total. The molecule has 0 saturated carbocycles. The molecule has 3 aromatic heterocycles. The summed E-state index contributed by atoms with van der Waals surface area (Å²) in [7, 11) is 7.67. The van der Waals surface area contributed by atoms with E-state index in [1.807, 2.05) is 118 Å². The van der Waals surface area contributed by atoms with Crippen molar-refractivity contribution in [2.24, 2.45) is 0 Å². The molecule has 1 radical (unpaired) electrons. The van der Waals surface area contributed by atoms with Crippen molar-refractivity contribution in [1.82, 2.24) is 9.63 Å². The lowest BCUT2D eigenvalue weighted by molar-refractivity contribution is -0.539. The Bertz CT molecular complexity index is 1580. The maximum atomic E-state index is 13.4. The standard InChI is InChI=1S/C37H48N3O2S6/c1-7-9-11-13-25-43-47-33-23-21-31(45-33)29-19-20-30(32-22-24-34(46-32)48-44-26-14-12-10-8-2)38(29)28-17-15-27(16-18-28)35-39(41)36(3,4)37(5,6)40(35)42/h15-24H,7-14,25-26H2,1-6H3. The first kappa shape index (κ1) is 37.8. The van der Waals surface area contributed by atoms with Gasteiger partial charge >= 0.3 is 5.84 Å². The van der Waals surface area contributed by atoms with E-state index >= 15 is 0 Å². The molecule has 0 spiro atoms. The molecule has 1 aliphatic rings. The summed E-state index contributed by atoms with van der Waals surface area (Å²) in [6.07, 6.45) is 10.3. The summed E-state index contributed by atoms with van der Waals surface area (Å²) in [5, 5.41) is 27.6. The van der Waals surface area contributed by atoms with Crippen LogP contribution in [0.1, 0.15) is 98.5 Å². The zero-order valence-electron chi connectivity index (χ0n) is 29.0. The Balaban J connectivity index is 1.42. The van der Waals surface area contributed by atoms with Crippen LogP contribution >= 0.6 is 65.8 Å². The Labute approximate surface area is 311 Å². The molecule has 0 atom stereocenters. The first-order chi connectivity index (χ1) is 23.1. The van der Waals surface area contributed by atoms with Gasteiger partial charge in [0.2, 0.25) is 0 Å². The second kappa shape index (κ2) is 17.2. The average molecular weight is 759 g/mol. The third kappa shape index (κ3) is 8.35. The third-order valence-electron chi connectivity index (χ3n) is 9.27. The molecule has 0 fully saturated rings. The fourth-order valence-corrected chi connectivity index (χ4v) is 12.9. The number of amidine groups is 1. The van der Waals surface area contributed by atoms with Crippen molar-refractivity contribution in [3.05, 3.63) is 71.4 Å². The molecule has 4 aromatic rings. The molecule has 48 heavy (non-hydrogen) atoms. The zero-order chi connectivity index (χ0) is 34.3. The Hall–Kier alpha value is -1.47. The SMILES string of the molecule is CCCCCCSSc1ccc(-c2ccc(-c3ccc(SSCCCCCC)s3)n2-c2ccc(C3=[N+]([O-])C(C)(C)C(C)(C)N3[O])cc2)s1. The van der Waals surface area contributed by atoms with E-state index in [1.54, 1.807) is 0 Å². The van der Waals surface area contributed by atoms with E-state index in [0.717, 1.165) is 26.9 Å². The number of nitrogens with zero attached hydrogens (tertiary/aromatic N) is 3. The summed E-state index contributed by atoms with van der Waals surface area (Å²) in [4.78, 5) is 2.44. The molecule has 259 valence electrons. The number of rotatable bonds is 18. The van der Waals surface area contributed by atoms with Gasteiger partial charge in [-0.15, -0.1) is 22.7 Å². The number of benzene rings is 1. The van der Waals surface area contributed by atoms with Crippen LogP contribution in [0.2, 0.25) is 0 Å². The van der Waals surface area contributed by atoms with Crippen LogP contribution in [0.4, 0.5) is 0 Å². The van der Waals surface area contributed by atoms with Gasteiger partial charge in [0.25, 0.3) is 0 Å². The summed E-state index contributed by atoms with van der Waals surface area (Å²) < 4.78 is 5.85. The van der Waals surface area contributed by atoms with Gasteiger partial charge in [-0.25, -0.2) is 0 Å². The molecule has 0 unspecified atom stereocenters. The predicted octanol–water partition coefficient (Wildman–Crippen LogP) is 13.1. The van der Waals surface area contributed by atoms with Crippen molar-refractivity contribution in [3.8, 4) is 26.8 Å². The Morgan fingerprint density at radius 1 is 0.688 bits per heavy atom. The molecule has 5 rings (SSSR count). The highest BCUT2D eigenvalue weighted by Crippen LogP contribution is 2.45. The van der Waals surface area contributed by atoms with E-state index in [9.17, 15) is 10.4 Å².